The number of carbonyl (C=O) groups excluding carboxylic acids is 2. The molecular weight excluding hydrogens is 961 g/mol. The Balaban J connectivity index is 1.41. The molecule has 0 bridgehead atoms. The number of hydrogen-bond acceptors (Lipinski definition) is 16. The van der Waals surface area contributed by atoms with Crippen molar-refractivity contribution in [1.82, 2.24) is 9.55 Å². The molecule has 3 rings (SSSR count). The Bertz CT molecular complexity index is 1950. The number of aromatic nitrogens is 2. The molecule has 2 aliphatic heterocycles. The zero-order valence-corrected chi connectivity index (χ0v) is 43.7. The molecule has 0 amide bonds. The van der Waals surface area contributed by atoms with Gasteiger partial charge in [-0.15, -0.1) is 0 Å². The number of phosphoric acid groups is 2. The SMILES string of the molecule is CCCCCCCC/C=C\C/C=C\C/C=C\CCCC(=O)O[C@H](COC(=O)CCCCCCC/C=C\CC1OC1CCCCC)COP(=O)(O)OP(=O)(O)OC[C@H]1O[C@@H](n2ccc(N)nc2=O)[C@H](O)[C@@H]1O. The van der Waals surface area contributed by atoms with Crippen molar-refractivity contribution < 1.29 is 71.0 Å². The van der Waals surface area contributed by atoms with Crippen molar-refractivity contribution in [2.45, 2.75) is 211 Å². The van der Waals surface area contributed by atoms with Crippen molar-refractivity contribution in [3.63, 3.8) is 0 Å². The van der Waals surface area contributed by atoms with E-state index < -0.39 is 83.7 Å². The van der Waals surface area contributed by atoms with Gasteiger partial charge in [-0.05, 0) is 76.7 Å². The Morgan fingerprint density at radius 1 is 0.704 bits per heavy atom. The fraction of sp³-hybridized carbons (Fsp3) is 0.720. The van der Waals surface area contributed by atoms with E-state index in [9.17, 15) is 43.5 Å². The van der Waals surface area contributed by atoms with Gasteiger partial charge in [-0.2, -0.15) is 9.29 Å². The van der Waals surface area contributed by atoms with Crippen molar-refractivity contribution in [2.24, 2.45) is 0 Å². The van der Waals surface area contributed by atoms with Crippen LogP contribution < -0.4 is 11.4 Å². The lowest BCUT2D eigenvalue weighted by Crippen LogP contribution is -2.36. The molecule has 1 aromatic heterocycles. The number of nitrogens with zero attached hydrogens (tertiary/aromatic N) is 2. The van der Waals surface area contributed by atoms with Gasteiger partial charge in [-0.25, -0.2) is 13.9 Å². The smallest absolute Gasteiger partial charge is 0.462 e. The Hall–Kier alpha value is -3.32. The molecule has 6 N–H and O–H groups in total. The molecule has 0 radical (unpaired) electrons. The fourth-order valence-corrected chi connectivity index (χ4v) is 9.80. The summed E-state index contributed by atoms with van der Waals surface area (Å²) in [5.74, 6) is -1.38. The molecule has 1 aromatic rings. The van der Waals surface area contributed by atoms with Crippen molar-refractivity contribution in [3.8, 4) is 0 Å². The summed E-state index contributed by atoms with van der Waals surface area (Å²) in [6, 6.07) is 1.24. The van der Waals surface area contributed by atoms with E-state index in [1.165, 1.54) is 63.9 Å². The molecule has 0 aromatic carbocycles. The molecule has 21 heteroatoms. The lowest BCUT2D eigenvalue weighted by atomic mass is 10.1. The van der Waals surface area contributed by atoms with Gasteiger partial charge in [0.2, 0.25) is 0 Å². The van der Waals surface area contributed by atoms with Crippen LogP contribution in [0.1, 0.15) is 174 Å². The molecule has 0 spiro atoms. The molecule has 2 saturated heterocycles. The van der Waals surface area contributed by atoms with Gasteiger partial charge in [0.25, 0.3) is 0 Å². The maximum Gasteiger partial charge on any atom is 0.481 e. The monoisotopic (exact) mass is 1040 g/mol. The van der Waals surface area contributed by atoms with Gasteiger partial charge in [-0.3, -0.25) is 23.2 Å². The van der Waals surface area contributed by atoms with Gasteiger partial charge < -0.3 is 44.7 Å². The highest BCUT2D eigenvalue weighted by atomic mass is 31.3. The van der Waals surface area contributed by atoms with Gasteiger partial charge in [-0.1, -0.05) is 133 Å². The zero-order valence-electron chi connectivity index (χ0n) is 42.0. The van der Waals surface area contributed by atoms with Gasteiger partial charge in [0.1, 0.15) is 30.7 Å². The summed E-state index contributed by atoms with van der Waals surface area (Å²) in [6.45, 7) is 2.05. The minimum atomic E-state index is -5.44. The summed E-state index contributed by atoms with van der Waals surface area (Å²) in [7, 11) is -10.9. The molecule has 71 heavy (non-hydrogen) atoms. The highest BCUT2D eigenvalue weighted by Gasteiger charge is 2.46. The predicted octanol–water partition coefficient (Wildman–Crippen LogP) is 9.54. The zero-order chi connectivity index (χ0) is 51.7. The summed E-state index contributed by atoms with van der Waals surface area (Å²) in [5.41, 5.74) is 4.58. The van der Waals surface area contributed by atoms with Crippen LogP contribution in [0, 0.1) is 0 Å². The largest absolute Gasteiger partial charge is 0.481 e. The first-order valence-corrected chi connectivity index (χ1v) is 28.8. The second-order valence-corrected chi connectivity index (χ2v) is 21.1. The number of phosphoric ester groups is 2. The molecule has 2 fully saturated rings. The first-order valence-electron chi connectivity index (χ1n) is 25.8. The normalized spacial score (nSPS) is 22.4. The number of carbonyl (C=O) groups is 2. The maximum absolute atomic E-state index is 12.9. The third-order valence-electron chi connectivity index (χ3n) is 11.8. The predicted molar refractivity (Wildman–Crippen MR) is 270 cm³/mol. The van der Waals surface area contributed by atoms with E-state index in [0.717, 1.165) is 75.0 Å². The number of epoxide rings is 1. The minimum Gasteiger partial charge on any atom is -0.462 e. The van der Waals surface area contributed by atoms with E-state index in [2.05, 4.69) is 59.6 Å². The number of aliphatic hydroxyl groups is 2. The third kappa shape index (κ3) is 28.1. The molecule has 4 unspecified atom stereocenters. The molecule has 0 saturated carbocycles. The highest BCUT2D eigenvalue weighted by Crippen LogP contribution is 2.60. The summed E-state index contributed by atoms with van der Waals surface area (Å²) in [4.78, 5) is 61.9. The number of esters is 2. The number of allylic oxidation sites excluding steroid dienone is 7. The van der Waals surface area contributed by atoms with Crippen molar-refractivity contribution >= 4 is 33.4 Å². The van der Waals surface area contributed by atoms with Crippen LogP contribution in [0.4, 0.5) is 5.82 Å². The molecule has 404 valence electrons. The lowest BCUT2D eigenvalue weighted by Gasteiger charge is -2.21. The quantitative estimate of drug-likeness (QED) is 0.0134. The number of unbranched alkanes of at least 4 members (excludes halogenated alkanes) is 14. The van der Waals surface area contributed by atoms with Gasteiger partial charge in [0.15, 0.2) is 12.3 Å². The van der Waals surface area contributed by atoms with Crippen LogP contribution in [-0.2, 0) is 51.0 Å². The molecule has 19 nitrogen and oxygen atoms in total. The van der Waals surface area contributed by atoms with Crippen LogP contribution in [0.5, 0.6) is 0 Å². The Kier molecular flexibility index (Phi) is 31.2. The van der Waals surface area contributed by atoms with Crippen LogP contribution in [-0.4, -0.2) is 97.9 Å². The molecule has 0 aliphatic carbocycles. The number of hydrogen-bond donors (Lipinski definition) is 5. The Morgan fingerprint density at radius 3 is 1.96 bits per heavy atom. The van der Waals surface area contributed by atoms with Crippen molar-refractivity contribution in [1.29, 1.82) is 0 Å². The fourth-order valence-electron chi connectivity index (χ4n) is 7.69. The van der Waals surface area contributed by atoms with Gasteiger partial charge in [0, 0.05) is 19.0 Å². The number of nitrogens with two attached hydrogens (primary N) is 1. The van der Waals surface area contributed by atoms with Crippen LogP contribution >= 0.6 is 15.6 Å². The van der Waals surface area contributed by atoms with Crippen LogP contribution in [0.25, 0.3) is 0 Å². The van der Waals surface area contributed by atoms with Crippen LogP contribution in [0.15, 0.2) is 65.7 Å². The van der Waals surface area contributed by atoms with E-state index in [-0.39, 0.29) is 18.7 Å². The van der Waals surface area contributed by atoms with E-state index in [1.807, 2.05) is 12.2 Å². The second-order valence-electron chi connectivity index (χ2n) is 18.1. The Morgan fingerprint density at radius 2 is 1.28 bits per heavy atom. The highest BCUT2D eigenvalue weighted by molar-refractivity contribution is 7.61. The summed E-state index contributed by atoms with van der Waals surface area (Å²) < 4.78 is 62.5. The van der Waals surface area contributed by atoms with Crippen molar-refractivity contribution in [3.05, 3.63) is 71.4 Å². The minimum absolute atomic E-state index is 0.0283. The number of aliphatic hydroxyl groups excluding tert-OH is 2. The number of nitrogen functional groups attached to an aromatic ring is 1. The maximum atomic E-state index is 12.9. The number of rotatable bonds is 41. The third-order valence-corrected chi connectivity index (χ3v) is 14.4. The topological polar surface area (TPSA) is 278 Å². The van der Waals surface area contributed by atoms with E-state index in [4.69, 9.17) is 33.7 Å². The number of anilines is 1. The first kappa shape index (κ1) is 62.0. The molecule has 3 heterocycles. The summed E-state index contributed by atoms with van der Waals surface area (Å²) >= 11 is 0. The van der Waals surface area contributed by atoms with E-state index in [1.54, 1.807) is 0 Å². The van der Waals surface area contributed by atoms with Crippen molar-refractivity contribution in [2.75, 3.05) is 25.6 Å². The van der Waals surface area contributed by atoms with Gasteiger partial charge in [0.05, 0.1) is 25.4 Å². The van der Waals surface area contributed by atoms with Gasteiger partial charge >= 0.3 is 33.3 Å². The van der Waals surface area contributed by atoms with Crippen LogP contribution in [0.3, 0.4) is 0 Å². The average molecular weight is 1040 g/mol. The van der Waals surface area contributed by atoms with E-state index >= 15 is 0 Å². The lowest BCUT2D eigenvalue weighted by molar-refractivity contribution is -0.161. The number of ether oxygens (including phenoxy) is 4. The van der Waals surface area contributed by atoms with Crippen LogP contribution in [0.2, 0.25) is 0 Å². The average Bonchev–Trinajstić information content (AvgIpc) is 4.02. The summed E-state index contributed by atoms with van der Waals surface area (Å²) in [6.07, 6.45) is 33.7. The van der Waals surface area contributed by atoms with E-state index in [0.29, 0.717) is 31.5 Å². The second kappa shape index (κ2) is 35.8. The Labute approximate surface area is 420 Å². The first-order chi connectivity index (χ1) is 34.1. The molecule has 9 atom stereocenters. The standard InChI is InChI=1S/C50H83N3O16P2/c1-3-5-7-8-9-10-11-12-13-14-15-16-17-18-23-26-30-34-46(55)66-40(37-63-45(54)33-29-25-22-20-19-21-24-28-32-42-41(67-42)31-27-6-4-2)38-64-70(59,60)69-71(61,62)65-39-43-47(56)48(57)49(68-43)53-36-35-44(51)52-50(53)58/h12-13,15-16,18,23-24,28,35-36,40-43,47-49,56-57H,3-11,14,17,19-22,25-27,29-34,37-39H2,1-2H3,(H,59,60)(H,61,62)(H2,51,52,58)/b13-12-,16-15-,23-18-,28-24-/t40-,41?,42?,43-,47-,48-,49-/m1/s1. The summed E-state index contributed by atoms with van der Waals surface area (Å²) in [5, 5.41) is 20.9. The molecule has 2 aliphatic rings. The molecular formula is C50H83N3O16P2.